The molecule has 1 aliphatic heterocycles. The predicted molar refractivity (Wildman–Crippen MR) is 148 cm³/mol. The minimum atomic E-state index is -0.0430. The van der Waals surface area contributed by atoms with Crippen molar-refractivity contribution in [1.29, 1.82) is 0 Å². The molecular weight excluding hydrogens is 512 g/mol. The van der Waals surface area contributed by atoms with Crippen LogP contribution in [0, 0.1) is 13.8 Å². The molecule has 4 aromatic rings. The second-order valence-corrected chi connectivity index (χ2v) is 10.2. The van der Waals surface area contributed by atoms with E-state index in [0.29, 0.717) is 0 Å². The van der Waals surface area contributed by atoms with Crippen molar-refractivity contribution in [3.8, 4) is 5.69 Å². The summed E-state index contributed by atoms with van der Waals surface area (Å²) in [5, 5.41) is 13.2. The number of aromatic nitrogens is 4. The molecular formula is C29H31BrN6. The van der Waals surface area contributed by atoms with Gasteiger partial charge in [0, 0.05) is 37.2 Å². The Labute approximate surface area is 221 Å². The van der Waals surface area contributed by atoms with Crippen LogP contribution in [0.1, 0.15) is 34.1 Å². The number of halogens is 1. The lowest BCUT2D eigenvalue weighted by Gasteiger charge is -2.38. The van der Waals surface area contributed by atoms with Crippen LogP contribution in [0.15, 0.2) is 83.3 Å². The maximum absolute atomic E-state index is 4.58. The van der Waals surface area contributed by atoms with E-state index in [0.717, 1.165) is 59.8 Å². The van der Waals surface area contributed by atoms with E-state index < -0.39 is 0 Å². The SMILES string of the molecule is Cc1cccc(C)c1-n1nnnc1C(c1cccc(Br)c1)N1CCN(CC=Cc2ccccc2)CC1. The van der Waals surface area contributed by atoms with Gasteiger partial charge in [-0.25, -0.2) is 0 Å². The number of tetrazole rings is 1. The molecule has 0 spiro atoms. The third-order valence-corrected chi connectivity index (χ3v) is 7.29. The standard InChI is InChI=1S/C29H31BrN6/c1-22-9-6-10-23(2)27(22)36-29(31-32-33-36)28(25-14-7-15-26(30)21-25)35-19-17-34(18-20-35)16-8-13-24-11-4-3-5-12-24/h3-15,21,28H,16-20H2,1-2H3. The predicted octanol–water partition coefficient (Wildman–Crippen LogP) is 5.46. The summed E-state index contributed by atoms with van der Waals surface area (Å²) < 4.78 is 2.99. The summed E-state index contributed by atoms with van der Waals surface area (Å²) >= 11 is 3.67. The summed E-state index contributed by atoms with van der Waals surface area (Å²) in [6, 6.07) is 25.2. The maximum Gasteiger partial charge on any atom is 0.178 e. The lowest BCUT2D eigenvalue weighted by molar-refractivity contribution is 0.113. The minimum absolute atomic E-state index is 0.0430. The smallest absolute Gasteiger partial charge is 0.178 e. The van der Waals surface area contributed by atoms with E-state index in [2.05, 4.69) is 140 Å². The highest BCUT2D eigenvalue weighted by atomic mass is 79.9. The van der Waals surface area contributed by atoms with Crippen LogP contribution in [0.2, 0.25) is 0 Å². The number of benzene rings is 3. The van der Waals surface area contributed by atoms with Crippen molar-refractivity contribution in [3.63, 3.8) is 0 Å². The molecule has 3 aromatic carbocycles. The molecule has 36 heavy (non-hydrogen) atoms. The molecule has 6 nitrogen and oxygen atoms in total. The third kappa shape index (κ3) is 5.48. The van der Waals surface area contributed by atoms with Gasteiger partial charge in [-0.1, -0.05) is 88.7 Å². The Kier molecular flexibility index (Phi) is 7.70. The van der Waals surface area contributed by atoms with Gasteiger partial charge in [0.05, 0.1) is 11.7 Å². The normalized spacial score (nSPS) is 16.0. The van der Waals surface area contributed by atoms with Crippen LogP contribution in [-0.2, 0) is 0 Å². The Morgan fingerprint density at radius 1 is 0.889 bits per heavy atom. The fourth-order valence-corrected chi connectivity index (χ4v) is 5.39. The lowest BCUT2D eigenvalue weighted by atomic mass is 10.0. The number of nitrogens with zero attached hydrogens (tertiary/aromatic N) is 6. The average Bonchev–Trinajstić information content (AvgIpc) is 3.34. The van der Waals surface area contributed by atoms with Crippen LogP contribution < -0.4 is 0 Å². The zero-order valence-corrected chi connectivity index (χ0v) is 22.3. The Bertz CT molecular complexity index is 1300. The molecule has 1 unspecified atom stereocenters. The number of rotatable bonds is 7. The lowest BCUT2D eigenvalue weighted by Crippen LogP contribution is -2.48. The first kappa shape index (κ1) is 24.6. The Hall–Kier alpha value is -3.13. The Morgan fingerprint density at radius 2 is 1.61 bits per heavy atom. The van der Waals surface area contributed by atoms with Crippen LogP contribution in [0.5, 0.6) is 0 Å². The molecule has 1 atom stereocenters. The van der Waals surface area contributed by atoms with E-state index in [9.17, 15) is 0 Å². The zero-order chi connectivity index (χ0) is 24.9. The van der Waals surface area contributed by atoms with Gasteiger partial charge in [0.15, 0.2) is 5.82 Å². The second-order valence-electron chi connectivity index (χ2n) is 9.30. The van der Waals surface area contributed by atoms with Crippen molar-refractivity contribution < 1.29 is 0 Å². The summed E-state index contributed by atoms with van der Waals surface area (Å²) in [6.45, 7) is 9.05. The molecule has 184 valence electrons. The first-order chi connectivity index (χ1) is 17.6. The van der Waals surface area contributed by atoms with E-state index in [4.69, 9.17) is 0 Å². The zero-order valence-electron chi connectivity index (χ0n) is 20.8. The van der Waals surface area contributed by atoms with Crippen molar-refractivity contribution >= 4 is 22.0 Å². The number of piperazine rings is 1. The van der Waals surface area contributed by atoms with Crippen LogP contribution >= 0.6 is 15.9 Å². The van der Waals surface area contributed by atoms with Gasteiger partial charge in [0.2, 0.25) is 0 Å². The second kappa shape index (κ2) is 11.3. The first-order valence-corrected chi connectivity index (χ1v) is 13.2. The van der Waals surface area contributed by atoms with Crippen molar-refractivity contribution in [2.24, 2.45) is 0 Å². The number of para-hydroxylation sites is 1. The minimum Gasteiger partial charge on any atom is -0.297 e. The van der Waals surface area contributed by atoms with E-state index in [1.165, 1.54) is 11.1 Å². The van der Waals surface area contributed by atoms with Crippen LogP contribution in [0.25, 0.3) is 11.8 Å². The molecule has 0 saturated carbocycles. The van der Waals surface area contributed by atoms with E-state index >= 15 is 0 Å². The number of aryl methyl sites for hydroxylation is 2. The number of hydrogen-bond donors (Lipinski definition) is 0. The molecule has 2 heterocycles. The van der Waals surface area contributed by atoms with E-state index in [1.807, 2.05) is 4.68 Å². The highest BCUT2D eigenvalue weighted by Crippen LogP contribution is 2.32. The van der Waals surface area contributed by atoms with Gasteiger partial charge in [0.1, 0.15) is 0 Å². The van der Waals surface area contributed by atoms with Crippen molar-refractivity contribution in [3.05, 3.63) is 111 Å². The molecule has 1 aliphatic rings. The van der Waals surface area contributed by atoms with Gasteiger partial charge in [-0.05, 0) is 58.7 Å². The Morgan fingerprint density at radius 3 is 2.33 bits per heavy atom. The quantitative estimate of drug-likeness (QED) is 0.310. The van der Waals surface area contributed by atoms with E-state index in [-0.39, 0.29) is 6.04 Å². The number of hydrogen-bond acceptors (Lipinski definition) is 5. The molecule has 1 aromatic heterocycles. The fourth-order valence-electron chi connectivity index (χ4n) is 4.97. The van der Waals surface area contributed by atoms with Gasteiger partial charge in [-0.3, -0.25) is 9.80 Å². The average molecular weight is 544 g/mol. The van der Waals surface area contributed by atoms with Gasteiger partial charge in [-0.15, -0.1) is 5.10 Å². The van der Waals surface area contributed by atoms with Gasteiger partial charge in [-0.2, -0.15) is 4.68 Å². The molecule has 7 heteroatoms. The highest BCUT2D eigenvalue weighted by molar-refractivity contribution is 9.10. The molecule has 1 saturated heterocycles. The maximum atomic E-state index is 4.58. The topological polar surface area (TPSA) is 50.1 Å². The molecule has 1 fully saturated rings. The summed E-state index contributed by atoms with van der Waals surface area (Å²) in [5.41, 5.74) is 5.80. The molecule has 0 amide bonds. The van der Waals surface area contributed by atoms with Gasteiger partial charge < -0.3 is 0 Å². The first-order valence-electron chi connectivity index (χ1n) is 12.4. The van der Waals surface area contributed by atoms with Crippen LogP contribution in [0.3, 0.4) is 0 Å². The molecule has 0 N–H and O–H groups in total. The fraction of sp³-hybridized carbons (Fsp3) is 0.276. The van der Waals surface area contributed by atoms with Crippen LogP contribution in [0.4, 0.5) is 0 Å². The van der Waals surface area contributed by atoms with E-state index in [1.54, 1.807) is 0 Å². The highest BCUT2D eigenvalue weighted by Gasteiger charge is 2.31. The molecule has 0 bridgehead atoms. The summed E-state index contributed by atoms with van der Waals surface area (Å²) in [5.74, 6) is 0.850. The molecule has 0 radical (unpaired) electrons. The molecule has 5 rings (SSSR count). The summed E-state index contributed by atoms with van der Waals surface area (Å²) in [6.07, 6.45) is 4.47. The molecule has 0 aliphatic carbocycles. The third-order valence-electron chi connectivity index (χ3n) is 6.80. The summed E-state index contributed by atoms with van der Waals surface area (Å²) in [7, 11) is 0. The van der Waals surface area contributed by atoms with Gasteiger partial charge >= 0.3 is 0 Å². The van der Waals surface area contributed by atoms with Crippen molar-refractivity contribution in [2.75, 3.05) is 32.7 Å². The van der Waals surface area contributed by atoms with Crippen molar-refractivity contribution in [1.82, 2.24) is 30.0 Å². The monoisotopic (exact) mass is 542 g/mol. The Balaban J connectivity index is 1.39. The summed E-state index contributed by atoms with van der Waals surface area (Å²) in [4.78, 5) is 5.01. The van der Waals surface area contributed by atoms with Crippen LogP contribution in [-0.4, -0.2) is 62.7 Å². The van der Waals surface area contributed by atoms with Gasteiger partial charge in [0.25, 0.3) is 0 Å². The largest absolute Gasteiger partial charge is 0.297 e. The van der Waals surface area contributed by atoms with Crippen molar-refractivity contribution in [2.45, 2.75) is 19.9 Å².